The van der Waals surface area contributed by atoms with E-state index in [4.69, 9.17) is 0 Å². The molecule has 10 aromatic carbocycles. The van der Waals surface area contributed by atoms with Gasteiger partial charge >= 0.3 is 0 Å². The van der Waals surface area contributed by atoms with Gasteiger partial charge in [-0.05, 0) is 147 Å². The number of para-hydroxylation sites is 2. The average Bonchev–Trinajstić information content (AvgIpc) is 3.44. The number of fused-ring (bicyclic) bond motifs is 4. The second kappa shape index (κ2) is 20.9. The fourth-order valence-electron chi connectivity index (χ4n) is 10.4. The van der Waals surface area contributed by atoms with Crippen molar-refractivity contribution in [2.75, 3.05) is 4.90 Å². The molecular formula is C67H56BrNO4S2. The highest BCUT2D eigenvalue weighted by Crippen LogP contribution is 2.51. The normalized spacial score (nSPS) is 13.7. The molecule has 0 saturated carbocycles. The summed E-state index contributed by atoms with van der Waals surface area (Å²) in [7, 11) is -7.12. The minimum absolute atomic E-state index is 0.140. The molecule has 1 aliphatic heterocycles. The van der Waals surface area contributed by atoms with Crippen LogP contribution in [-0.2, 0) is 36.9 Å². The van der Waals surface area contributed by atoms with E-state index in [-0.39, 0.29) is 20.6 Å². The Hall–Kier alpha value is -7.62. The Balaban J connectivity index is 0.000000142. The molecule has 12 rings (SSSR count). The summed E-state index contributed by atoms with van der Waals surface area (Å²) in [4.78, 5) is 3.39. The molecule has 0 N–H and O–H groups in total. The number of hydrogen-bond donors (Lipinski definition) is 0. The van der Waals surface area contributed by atoms with Crippen LogP contribution in [-0.4, -0.2) is 16.8 Å². The van der Waals surface area contributed by atoms with Crippen LogP contribution < -0.4 is 4.90 Å². The van der Waals surface area contributed by atoms with E-state index in [9.17, 15) is 16.8 Å². The molecule has 0 bridgehead atoms. The molecule has 2 aliphatic rings. The molecule has 0 spiro atoms. The average molecular weight is 1080 g/mol. The van der Waals surface area contributed by atoms with Crippen LogP contribution in [0.5, 0.6) is 0 Å². The van der Waals surface area contributed by atoms with Gasteiger partial charge in [0.15, 0.2) is 0 Å². The highest BCUT2D eigenvalue weighted by molar-refractivity contribution is 9.10. The van der Waals surface area contributed by atoms with E-state index in [2.05, 4.69) is 133 Å². The van der Waals surface area contributed by atoms with E-state index in [0.29, 0.717) is 9.79 Å². The van der Waals surface area contributed by atoms with Crippen molar-refractivity contribution in [3.05, 3.63) is 293 Å². The fraction of sp³-hybridized carbons (Fsp3) is 0.104. The molecule has 0 aromatic heterocycles. The number of benzene rings is 10. The van der Waals surface area contributed by atoms with Crippen LogP contribution in [0.25, 0.3) is 22.3 Å². The first-order valence-electron chi connectivity index (χ1n) is 25.0. The predicted octanol–water partition coefficient (Wildman–Crippen LogP) is 17.2. The Morgan fingerprint density at radius 3 is 1.03 bits per heavy atom. The van der Waals surface area contributed by atoms with E-state index in [1.54, 1.807) is 60.7 Å². The maximum atomic E-state index is 13.4. The first-order valence-corrected chi connectivity index (χ1v) is 28.7. The van der Waals surface area contributed by atoms with E-state index < -0.39 is 19.7 Å². The van der Waals surface area contributed by atoms with Gasteiger partial charge in [-0.25, -0.2) is 16.8 Å². The Bertz CT molecular complexity index is 3760. The summed E-state index contributed by atoms with van der Waals surface area (Å²) in [6.45, 7) is 9.15. The molecular weight excluding hydrogens is 1030 g/mol. The van der Waals surface area contributed by atoms with Crippen molar-refractivity contribution in [3.8, 4) is 22.3 Å². The first kappa shape index (κ1) is 50.9. The molecule has 0 unspecified atom stereocenters. The van der Waals surface area contributed by atoms with Gasteiger partial charge in [-0.1, -0.05) is 213 Å². The lowest BCUT2D eigenvalue weighted by Gasteiger charge is -2.42. The molecule has 0 atom stereocenters. The summed E-state index contributed by atoms with van der Waals surface area (Å²) in [5.41, 5.74) is 15.6. The van der Waals surface area contributed by atoms with Crippen molar-refractivity contribution in [2.45, 2.75) is 64.5 Å². The number of hydrogen-bond acceptors (Lipinski definition) is 5. The third-order valence-electron chi connectivity index (χ3n) is 14.5. The molecule has 8 heteroatoms. The second-order valence-electron chi connectivity index (χ2n) is 19.8. The molecule has 5 nitrogen and oxygen atoms in total. The molecule has 0 saturated heterocycles. The largest absolute Gasteiger partial charge is 0.310 e. The molecule has 0 fully saturated rings. The minimum Gasteiger partial charge on any atom is -0.310 e. The second-order valence-corrected chi connectivity index (χ2v) is 24.7. The monoisotopic (exact) mass is 1080 g/mol. The van der Waals surface area contributed by atoms with Gasteiger partial charge in [0.1, 0.15) is 0 Å². The summed E-state index contributed by atoms with van der Waals surface area (Å²) in [5, 5.41) is 0. The highest BCUT2D eigenvalue weighted by atomic mass is 79.9. The van der Waals surface area contributed by atoms with Gasteiger partial charge in [0.25, 0.3) is 0 Å². The summed E-state index contributed by atoms with van der Waals surface area (Å²) >= 11 is 3.31. The van der Waals surface area contributed by atoms with Crippen molar-refractivity contribution in [2.24, 2.45) is 0 Å². The Morgan fingerprint density at radius 1 is 0.333 bits per heavy atom. The third kappa shape index (κ3) is 10.2. The topological polar surface area (TPSA) is 71.5 Å². The molecule has 75 heavy (non-hydrogen) atoms. The van der Waals surface area contributed by atoms with E-state index in [1.165, 1.54) is 33.4 Å². The lowest BCUT2D eigenvalue weighted by atomic mass is 9.69. The van der Waals surface area contributed by atoms with Gasteiger partial charge in [-0.2, -0.15) is 0 Å². The van der Waals surface area contributed by atoms with E-state index in [1.807, 2.05) is 109 Å². The number of anilines is 3. The van der Waals surface area contributed by atoms with Gasteiger partial charge < -0.3 is 4.90 Å². The fourth-order valence-corrected chi connectivity index (χ4v) is 13.2. The molecule has 10 aromatic rings. The van der Waals surface area contributed by atoms with Gasteiger partial charge in [0.2, 0.25) is 19.7 Å². The SMILES string of the molecule is CC1(C)c2ccccc2Cc2ccccc21.CC1(C)c2ccccc2N(c2ccc(S(=O)(=O)c3ccc(-c4ccccc4)cc3)cc2)c2ccccc21.O=S(=O)(c1ccc(Br)cc1)c1ccc(-c2ccccc2)cc1. The van der Waals surface area contributed by atoms with E-state index >= 15 is 0 Å². The zero-order valence-electron chi connectivity index (χ0n) is 42.2. The van der Waals surface area contributed by atoms with Crippen LogP contribution in [0.15, 0.2) is 279 Å². The number of rotatable bonds is 7. The van der Waals surface area contributed by atoms with E-state index in [0.717, 1.165) is 50.2 Å². The smallest absolute Gasteiger partial charge is 0.206 e. The van der Waals surface area contributed by atoms with Gasteiger partial charge in [0, 0.05) is 21.0 Å². The number of sulfone groups is 2. The van der Waals surface area contributed by atoms with Crippen molar-refractivity contribution in [3.63, 3.8) is 0 Å². The molecule has 0 radical (unpaired) electrons. The zero-order valence-corrected chi connectivity index (χ0v) is 45.4. The van der Waals surface area contributed by atoms with Crippen LogP contribution in [0.2, 0.25) is 0 Å². The molecule has 372 valence electrons. The Morgan fingerprint density at radius 2 is 0.627 bits per heavy atom. The van der Waals surface area contributed by atoms with Crippen LogP contribution in [0.4, 0.5) is 17.1 Å². The Labute approximate surface area is 450 Å². The molecule has 0 amide bonds. The summed E-state index contributed by atoms with van der Waals surface area (Å²) in [6.07, 6.45) is 1.08. The van der Waals surface area contributed by atoms with Gasteiger partial charge in [0.05, 0.1) is 31.0 Å². The summed E-state index contributed by atoms with van der Waals surface area (Å²) < 4.78 is 52.9. The lowest BCUT2D eigenvalue weighted by molar-refractivity contribution is 0.594. The van der Waals surface area contributed by atoms with Crippen molar-refractivity contribution in [1.29, 1.82) is 0 Å². The van der Waals surface area contributed by atoms with Gasteiger partial charge in [-0.3, -0.25) is 0 Å². The first-order chi connectivity index (χ1) is 36.1. The Kier molecular flexibility index (Phi) is 14.2. The van der Waals surface area contributed by atoms with Crippen LogP contribution in [0, 0.1) is 0 Å². The summed E-state index contributed by atoms with van der Waals surface area (Å²) in [6, 6.07) is 82.3. The van der Waals surface area contributed by atoms with Crippen molar-refractivity contribution < 1.29 is 16.8 Å². The zero-order chi connectivity index (χ0) is 52.4. The minimum atomic E-state index is -3.64. The lowest BCUT2D eigenvalue weighted by Crippen LogP contribution is -2.30. The van der Waals surface area contributed by atoms with Crippen molar-refractivity contribution >= 4 is 52.7 Å². The van der Waals surface area contributed by atoms with Crippen molar-refractivity contribution in [1.82, 2.24) is 0 Å². The number of nitrogens with zero attached hydrogens (tertiary/aromatic N) is 1. The van der Waals surface area contributed by atoms with Crippen LogP contribution in [0.3, 0.4) is 0 Å². The molecule has 1 heterocycles. The standard InChI is InChI=1S/C33H27NO2S.C18H13BrO2S.C16H16/c1-33(2)29-12-6-8-14-31(29)34(32-15-9-7-13-30(32)33)26-18-22-28(23-19-26)37(35,36)27-20-16-25(17-21-27)24-10-4-3-5-11-24;19-16-8-12-18(13-9-16)22(20,21)17-10-6-15(7-11-17)14-4-2-1-3-5-14;1-16(2)14-9-5-3-7-12(14)11-13-8-4-6-10-15(13)16/h3-23H,1-2H3;1-13H;3-10H,11H2,1-2H3. The van der Waals surface area contributed by atoms with Gasteiger partial charge in [-0.15, -0.1) is 0 Å². The van der Waals surface area contributed by atoms with Crippen LogP contribution >= 0.6 is 15.9 Å². The molecule has 1 aliphatic carbocycles. The van der Waals surface area contributed by atoms with Crippen LogP contribution in [0.1, 0.15) is 61.1 Å². The summed E-state index contributed by atoms with van der Waals surface area (Å²) in [5.74, 6) is 0. The third-order valence-corrected chi connectivity index (χ3v) is 18.6. The maximum Gasteiger partial charge on any atom is 0.206 e. The predicted molar refractivity (Wildman–Crippen MR) is 310 cm³/mol. The number of halogens is 1. The highest BCUT2D eigenvalue weighted by Gasteiger charge is 2.37. The quantitative estimate of drug-likeness (QED) is 0.159. The maximum absolute atomic E-state index is 13.4.